The van der Waals surface area contributed by atoms with Crippen LogP contribution in [-0.2, 0) is 6.54 Å². The van der Waals surface area contributed by atoms with Gasteiger partial charge in [-0.1, -0.05) is 0 Å². The van der Waals surface area contributed by atoms with Crippen molar-refractivity contribution in [3.63, 3.8) is 0 Å². The van der Waals surface area contributed by atoms with Gasteiger partial charge in [0.25, 0.3) is 0 Å². The van der Waals surface area contributed by atoms with Crippen molar-refractivity contribution in [3.8, 4) is 11.5 Å². The van der Waals surface area contributed by atoms with Crippen LogP contribution < -0.4 is 14.8 Å². The summed E-state index contributed by atoms with van der Waals surface area (Å²) in [6, 6.07) is 4.08. The van der Waals surface area contributed by atoms with E-state index in [4.69, 9.17) is 9.47 Å². The molecule has 21 heavy (non-hydrogen) atoms. The highest BCUT2D eigenvalue weighted by molar-refractivity contribution is 9.10. The number of benzene rings is 1. The van der Waals surface area contributed by atoms with Crippen molar-refractivity contribution < 1.29 is 9.47 Å². The van der Waals surface area contributed by atoms with Gasteiger partial charge in [0.05, 0.1) is 18.2 Å². The molecule has 0 spiro atoms. The Hall–Kier alpha value is -0.200. The quantitative estimate of drug-likeness (QED) is 0.674. The fraction of sp³-hybridized carbons (Fsp3) is 0.571. The molecule has 0 bridgehead atoms. The molecule has 0 aromatic heterocycles. The third-order valence-corrected chi connectivity index (χ3v) is 3.23. The Morgan fingerprint density at radius 3 is 2.43 bits per heavy atom. The summed E-state index contributed by atoms with van der Waals surface area (Å²) in [6.45, 7) is 5.39. The third kappa shape index (κ3) is 8.12. The highest BCUT2D eigenvalue weighted by Crippen LogP contribution is 2.36. The summed E-state index contributed by atoms with van der Waals surface area (Å²) in [5, 5.41) is 3.41. The maximum Gasteiger partial charge on any atom is 0.174 e. The molecular weight excluding hydrogens is 379 g/mol. The van der Waals surface area contributed by atoms with Crippen molar-refractivity contribution in [2.75, 3.05) is 40.9 Å². The SMILES string of the molecule is CCOc1cc(CNCCN(C)C)cc(Br)c1OC.Cl.Cl. The standard InChI is InChI=1S/C14H23BrN2O2.2ClH/c1-5-19-13-9-11(8-12(15)14(13)18-4)10-16-6-7-17(2)3;;/h8-9,16H,5-7,10H2,1-4H3;2*1H. The molecule has 0 aliphatic carbocycles. The molecule has 0 heterocycles. The largest absolute Gasteiger partial charge is 0.492 e. The van der Waals surface area contributed by atoms with E-state index in [1.807, 2.05) is 13.0 Å². The average molecular weight is 404 g/mol. The van der Waals surface area contributed by atoms with Crippen LogP contribution in [0.25, 0.3) is 0 Å². The molecule has 124 valence electrons. The Kier molecular flexibility index (Phi) is 13.6. The summed E-state index contributed by atoms with van der Waals surface area (Å²) in [7, 11) is 5.79. The van der Waals surface area contributed by atoms with E-state index in [0.717, 1.165) is 35.6 Å². The van der Waals surface area contributed by atoms with E-state index >= 15 is 0 Å². The van der Waals surface area contributed by atoms with Crippen molar-refractivity contribution in [2.45, 2.75) is 13.5 Å². The summed E-state index contributed by atoms with van der Waals surface area (Å²) in [6.07, 6.45) is 0. The zero-order chi connectivity index (χ0) is 14.3. The van der Waals surface area contributed by atoms with E-state index in [1.54, 1.807) is 7.11 Å². The zero-order valence-corrected chi connectivity index (χ0v) is 16.2. The number of likely N-dealkylation sites (N-methyl/N-ethyl adjacent to an activating group) is 1. The minimum absolute atomic E-state index is 0. The van der Waals surface area contributed by atoms with Crippen LogP contribution in [0.4, 0.5) is 0 Å². The van der Waals surface area contributed by atoms with Crippen molar-refractivity contribution in [2.24, 2.45) is 0 Å². The molecule has 0 aliphatic rings. The monoisotopic (exact) mass is 402 g/mol. The maximum absolute atomic E-state index is 5.60. The number of ether oxygens (including phenoxy) is 2. The van der Waals surface area contributed by atoms with Crippen LogP contribution in [0.2, 0.25) is 0 Å². The van der Waals surface area contributed by atoms with Gasteiger partial charge in [-0.2, -0.15) is 0 Å². The van der Waals surface area contributed by atoms with Crippen LogP contribution in [0.5, 0.6) is 11.5 Å². The molecule has 1 aromatic rings. The molecule has 1 N–H and O–H groups in total. The Morgan fingerprint density at radius 1 is 1.24 bits per heavy atom. The fourth-order valence-corrected chi connectivity index (χ4v) is 2.37. The lowest BCUT2D eigenvalue weighted by Gasteiger charge is -2.14. The van der Waals surface area contributed by atoms with Crippen molar-refractivity contribution in [3.05, 3.63) is 22.2 Å². The predicted octanol–water partition coefficient (Wildman–Crippen LogP) is 3.35. The van der Waals surface area contributed by atoms with E-state index < -0.39 is 0 Å². The minimum Gasteiger partial charge on any atom is -0.492 e. The van der Waals surface area contributed by atoms with Crippen LogP contribution in [0.3, 0.4) is 0 Å². The van der Waals surface area contributed by atoms with Crippen LogP contribution in [0.15, 0.2) is 16.6 Å². The lowest BCUT2D eigenvalue weighted by atomic mass is 10.2. The maximum atomic E-state index is 5.60. The highest BCUT2D eigenvalue weighted by Gasteiger charge is 2.10. The van der Waals surface area contributed by atoms with E-state index in [2.05, 4.69) is 46.3 Å². The highest BCUT2D eigenvalue weighted by atomic mass is 79.9. The first-order valence-corrected chi connectivity index (χ1v) is 7.22. The van der Waals surface area contributed by atoms with E-state index in [1.165, 1.54) is 5.56 Å². The summed E-state index contributed by atoms with van der Waals surface area (Å²) in [5.74, 6) is 1.53. The molecule has 1 aromatic carbocycles. The second kappa shape index (κ2) is 12.4. The van der Waals surface area contributed by atoms with Gasteiger partial charge in [-0.05, 0) is 54.6 Å². The van der Waals surface area contributed by atoms with Gasteiger partial charge in [0.1, 0.15) is 0 Å². The number of rotatable bonds is 8. The lowest BCUT2D eigenvalue weighted by molar-refractivity contribution is 0.309. The van der Waals surface area contributed by atoms with Crippen molar-refractivity contribution in [1.82, 2.24) is 10.2 Å². The van der Waals surface area contributed by atoms with E-state index in [-0.39, 0.29) is 24.8 Å². The van der Waals surface area contributed by atoms with E-state index in [0.29, 0.717) is 6.61 Å². The van der Waals surface area contributed by atoms with Gasteiger partial charge in [-0.3, -0.25) is 0 Å². The van der Waals surface area contributed by atoms with Crippen LogP contribution in [-0.4, -0.2) is 45.8 Å². The molecule has 7 heteroatoms. The number of nitrogens with zero attached hydrogens (tertiary/aromatic N) is 1. The molecule has 0 amide bonds. The van der Waals surface area contributed by atoms with Gasteiger partial charge in [0.2, 0.25) is 0 Å². The summed E-state index contributed by atoms with van der Waals surface area (Å²) in [5.41, 5.74) is 1.18. The third-order valence-electron chi connectivity index (χ3n) is 2.64. The second-order valence-electron chi connectivity index (χ2n) is 4.52. The Labute approximate surface area is 148 Å². The molecule has 4 nitrogen and oxygen atoms in total. The molecule has 1 rings (SSSR count). The average Bonchev–Trinajstić information content (AvgIpc) is 2.35. The number of nitrogens with one attached hydrogen (secondary N) is 1. The normalized spacial score (nSPS) is 9.81. The van der Waals surface area contributed by atoms with Crippen LogP contribution in [0, 0.1) is 0 Å². The Balaban J connectivity index is 0. The predicted molar refractivity (Wildman–Crippen MR) is 96.6 cm³/mol. The number of halogens is 3. The fourth-order valence-electron chi connectivity index (χ4n) is 1.72. The van der Waals surface area contributed by atoms with Gasteiger partial charge in [0.15, 0.2) is 11.5 Å². The number of hydrogen-bond donors (Lipinski definition) is 1. The first kappa shape index (κ1) is 23.1. The van der Waals surface area contributed by atoms with Gasteiger partial charge < -0.3 is 19.7 Å². The molecular formula is C14H25BrCl2N2O2. The Morgan fingerprint density at radius 2 is 1.90 bits per heavy atom. The minimum atomic E-state index is 0. The number of hydrogen-bond acceptors (Lipinski definition) is 4. The van der Waals surface area contributed by atoms with Gasteiger partial charge in [0, 0.05) is 19.6 Å². The lowest BCUT2D eigenvalue weighted by Crippen LogP contribution is -2.26. The summed E-state index contributed by atoms with van der Waals surface area (Å²) >= 11 is 3.52. The van der Waals surface area contributed by atoms with Crippen molar-refractivity contribution in [1.29, 1.82) is 0 Å². The van der Waals surface area contributed by atoms with Gasteiger partial charge >= 0.3 is 0 Å². The summed E-state index contributed by atoms with van der Waals surface area (Å²) < 4.78 is 11.9. The zero-order valence-electron chi connectivity index (χ0n) is 12.9. The first-order chi connectivity index (χ1) is 9.08. The molecule has 0 unspecified atom stereocenters. The first-order valence-electron chi connectivity index (χ1n) is 6.43. The van der Waals surface area contributed by atoms with Crippen LogP contribution >= 0.6 is 40.7 Å². The molecule has 0 fully saturated rings. The van der Waals surface area contributed by atoms with Crippen LogP contribution in [0.1, 0.15) is 12.5 Å². The summed E-state index contributed by atoms with van der Waals surface area (Å²) in [4.78, 5) is 2.16. The molecule has 0 saturated carbocycles. The number of methoxy groups -OCH3 is 1. The molecule has 0 aliphatic heterocycles. The van der Waals surface area contributed by atoms with E-state index in [9.17, 15) is 0 Å². The van der Waals surface area contributed by atoms with Gasteiger partial charge in [-0.15, -0.1) is 24.8 Å². The van der Waals surface area contributed by atoms with Crippen molar-refractivity contribution >= 4 is 40.7 Å². The smallest absolute Gasteiger partial charge is 0.174 e. The molecule has 0 atom stereocenters. The van der Waals surface area contributed by atoms with Gasteiger partial charge in [-0.25, -0.2) is 0 Å². The second-order valence-corrected chi connectivity index (χ2v) is 5.38. The topological polar surface area (TPSA) is 33.7 Å². The Bertz CT molecular complexity index is 407. The molecule has 0 saturated heterocycles. The molecule has 0 radical (unpaired) electrons.